The number of aryl methyl sites for hydroxylation is 1. The van der Waals surface area contributed by atoms with E-state index in [4.69, 9.17) is 9.26 Å². The molecule has 1 aromatic heterocycles. The van der Waals surface area contributed by atoms with Crippen LogP contribution in [0.5, 0.6) is 5.75 Å². The van der Waals surface area contributed by atoms with Gasteiger partial charge in [-0.25, -0.2) is 0 Å². The lowest BCUT2D eigenvalue weighted by Gasteiger charge is -2.05. The summed E-state index contributed by atoms with van der Waals surface area (Å²) in [6.45, 7) is 2.00. The summed E-state index contributed by atoms with van der Waals surface area (Å²) in [5.74, 6) is 1.29. The van der Waals surface area contributed by atoms with Gasteiger partial charge >= 0.3 is 0 Å². The Hall–Kier alpha value is -1.84. The summed E-state index contributed by atoms with van der Waals surface area (Å²) >= 11 is 0. The predicted molar refractivity (Wildman–Crippen MR) is 51.0 cm³/mol. The van der Waals surface area contributed by atoms with E-state index in [1.165, 1.54) is 6.39 Å². The Morgan fingerprint density at radius 3 is 2.86 bits per heavy atom. The molecule has 0 aliphatic rings. The highest BCUT2D eigenvalue weighted by molar-refractivity contribution is 5.64. The van der Waals surface area contributed by atoms with Crippen molar-refractivity contribution >= 4 is 0 Å². The average Bonchev–Trinajstić information content (AvgIpc) is 2.70. The highest BCUT2D eigenvalue weighted by Gasteiger charge is 2.09. The molecule has 14 heavy (non-hydrogen) atoms. The summed E-state index contributed by atoms with van der Waals surface area (Å²) in [4.78, 5) is 3.98. The zero-order valence-electron chi connectivity index (χ0n) is 8.02. The molecular formula is C10H10N2O2. The highest BCUT2D eigenvalue weighted by atomic mass is 16.5. The van der Waals surface area contributed by atoms with Crippen LogP contribution in [0.3, 0.4) is 0 Å². The van der Waals surface area contributed by atoms with E-state index in [2.05, 4.69) is 10.1 Å². The average molecular weight is 190 g/mol. The minimum atomic E-state index is 0.547. The summed E-state index contributed by atoms with van der Waals surface area (Å²) in [6, 6.07) is 5.83. The molecule has 0 radical (unpaired) electrons. The summed E-state index contributed by atoms with van der Waals surface area (Å²) in [7, 11) is 1.62. The number of ether oxygens (including phenoxy) is 1. The van der Waals surface area contributed by atoms with Crippen molar-refractivity contribution in [2.75, 3.05) is 7.11 Å². The Bertz CT molecular complexity index is 424. The van der Waals surface area contributed by atoms with Crippen molar-refractivity contribution in [3.63, 3.8) is 0 Å². The van der Waals surface area contributed by atoms with Gasteiger partial charge in [-0.1, -0.05) is 16.8 Å². The normalized spacial score (nSPS) is 10.1. The molecule has 1 aromatic carbocycles. The third kappa shape index (κ3) is 1.46. The molecule has 2 aromatic rings. The van der Waals surface area contributed by atoms with Crippen LogP contribution in [-0.4, -0.2) is 17.3 Å². The summed E-state index contributed by atoms with van der Waals surface area (Å²) in [6.07, 6.45) is 1.30. The quantitative estimate of drug-likeness (QED) is 0.727. The lowest BCUT2D eigenvalue weighted by molar-refractivity contribution is 0.410. The van der Waals surface area contributed by atoms with E-state index < -0.39 is 0 Å². The Kier molecular flexibility index (Phi) is 2.18. The third-order valence-corrected chi connectivity index (χ3v) is 1.96. The first-order valence-corrected chi connectivity index (χ1v) is 4.22. The van der Waals surface area contributed by atoms with Gasteiger partial charge in [0.1, 0.15) is 5.75 Å². The Morgan fingerprint density at radius 1 is 1.36 bits per heavy atom. The lowest BCUT2D eigenvalue weighted by atomic mass is 10.1. The molecule has 0 amide bonds. The number of methoxy groups -OCH3 is 1. The number of hydrogen-bond donors (Lipinski definition) is 0. The van der Waals surface area contributed by atoms with Crippen molar-refractivity contribution in [1.29, 1.82) is 0 Å². The number of benzene rings is 1. The predicted octanol–water partition coefficient (Wildman–Crippen LogP) is 2.05. The second-order valence-electron chi connectivity index (χ2n) is 2.96. The SMILES string of the molecule is COc1ccc(C)cc1-c1ncon1. The topological polar surface area (TPSA) is 48.2 Å². The zero-order valence-corrected chi connectivity index (χ0v) is 8.02. The third-order valence-electron chi connectivity index (χ3n) is 1.96. The van der Waals surface area contributed by atoms with Gasteiger partial charge in [-0.3, -0.25) is 0 Å². The first-order chi connectivity index (χ1) is 6.81. The van der Waals surface area contributed by atoms with E-state index >= 15 is 0 Å². The molecule has 2 rings (SSSR count). The van der Waals surface area contributed by atoms with E-state index in [0.29, 0.717) is 5.82 Å². The van der Waals surface area contributed by atoms with Crippen molar-refractivity contribution < 1.29 is 9.26 Å². The second kappa shape index (κ2) is 3.49. The van der Waals surface area contributed by atoms with Gasteiger partial charge in [-0.05, 0) is 19.1 Å². The highest BCUT2D eigenvalue weighted by Crippen LogP contribution is 2.27. The first kappa shape index (κ1) is 8.74. The van der Waals surface area contributed by atoms with Crippen LogP contribution in [0.1, 0.15) is 5.56 Å². The van der Waals surface area contributed by atoms with Crippen molar-refractivity contribution in [1.82, 2.24) is 10.1 Å². The second-order valence-corrected chi connectivity index (χ2v) is 2.96. The molecule has 0 fully saturated rings. The molecule has 1 heterocycles. The zero-order chi connectivity index (χ0) is 9.97. The van der Waals surface area contributed by atoms with Gasteiger partial charge < -0.3 is 9.26 Å². The largest absolute Gasteiger partial charge is 0.496 e. The number of rotatable bonds is 2. The Labute approximate surface area is 81.5 Å². The fourth-order valence-electron chi connectivity index (χ4n) is 1.29. The van der Waals surface area contributed by atoms with Crippen LogP contribution in [0.15, 0.2) is 29.1 Å². The van der Waals surface area contributed by atoms with E-state index in [1.54, 1.807) is 7.11 Å². The summed E-state index contributed by atoms with van der Waals surface area (Å²) in [5, 5.41) is 3.77. The maximum Gasteiger partial charge on any atom is 0.214 e. The number of aromatic nitrogens is 2. The molecule has 0 N–H and O–H groups in total. The minimum absolute atomic E-state index is 0.547. The van der Waals surface area contributed by atoms with E-state index in [-0.39, 0.29) is 0 Å². The molecule has 72 valence electrons. The van der Waals surface area contributed by atoms with Gasteiger partial charge in [0, 0.05) is 0 Å². The van der Waals surface area contributed by atoms with Gasteiger partial charge in [0.15, 0.2) is 0 Å². The van der Waals surface area contributed by atoms with E-state index in [9.17, 15) is 0 Å². The van der Waals surface area contributed by atoms with Crippen molar-refractivity contribution in [2.24, 2.45) is 0 Å². The van der Waals surface area contributed by atoms with Crippen LogP contribution in [0.2, 0.25) is 0 Å². The summed E-state index contributed by atoms with van der Waals surface area (Å²) in [5.41, 5.74) is 1.98. The van der Waals surface area contributed by atoms with Gasteiger partial charge in [0.05, 0.1) is 12.7 Å². The molecule has 0 saturated carbocycles. The van der Waals surface area contributed by atoms with Gasteiger partial charge in [-0.15, -0.1) is 0 Å². The smallest absolute Gasteiger partial charge is 0.214 e. The van der Waals surface area contributed by atoms with Gasteiger partial charge in [-0.2, -0.15) is 4.98 Å². The molecule has 4 nitrogen and oxygen atoms in total. The van der Waals surface area contributed by atoms with Crippen LogP contribution in [0.4, 0.5) is 0 Å². The fourth-order valence-corrected chi connectivity index (χ4v) is 1.29. The Balaban J connectivity index is 2.55. The molecule has 0 unspecified atom stereocenters. The van der Waals surface area contributed by atoms with E-state index in [0.717, 1.165) is 16.9 Å². The molecule has 4 heteroatoms. The lowest BCUT2D eigenvalue weighted by Crippen LogP contribution is -1.89. The number of nitrogens with zero attached hydrogens (tertiary/aromatic N) is 2. The van der Waals surface area contributed by atoms with Crippen LogP contribution >= 0.6 is 0 Å². The standard InChI is InChI=1S/C10H10N2O2/c1-7-3-4-9(13-2)8(5-7)10-11-6-14-12-10/h3-6H,1-2H3. The molecule has 0 saturated heterocycles. The van der Waals surface area contributed by atoms with Gasteiger partial charge in [0.2, 0.25) is 12.2 Å². The van der Waals surface area contributed by atoms with Crippen LogP contribution < -0.4 is 4.74 Å². The maximum absolute atomic E-state index is 5.20. The maximum atomic E-state index is 5.20. The van der Waals surface area contributed by atoms with Crippen molar-refractivity contribution in [3.05, 3.63) is 30.2 Å². The van der Waals surface area contributed by atoms with Gasteiger partial charge in [0.25, 0.3) is 0 Å². The Morgan fingerprint density at radius 2 is 2.21 bits per heavy atom. The monoisotopic (exact) mass is 190 g/mol. The molecule has 0 aliphatic heterocycles. The van der Waals surface area contributed by atoms with Crippen molar-refractivity contribution in [3.8, 4) is 17.1 Å². The minimum Gasteiger partial charge on any atom is -0.496 e. The van der Waals surface area contributed by atoms with Crippen LogP contribution in [0.25, 0.3) is 11.4 Å². The molecule has 0 bridgehead atoms. The molecule has 0 aliphatic carbocycles. The first-order valence-electron chi connectivity index (χ1n) is 4.22. The summed E-state index contributed by atoms with van der Waals surface area (Å²) < 4.78 is 9.89. The molecular weight excluding hydrogens is 180 g/mol. The molecule has 0 spiro atoms. The van der Waals surface area contributed by atoms with Crippen molar-refractivity contribution in [2.45, 2.75) is 6.92 Å². The van der Waals surface area contributed by atoms with Crippen LogP contribution in [-0.2, 0) is 0 Å². The molecule has 0 atom stereocenters. The van der Waals surface area contributed by atoms with E-state index in [1.807, 2.05) is 25.1 Å². The number of hydrogen-bond acceptors (Lipinski definition) is 4. The fraction of sp³-hybridized carbons (Fsp3) is 0.200. The van der Waals surface area contributed by atoms with Crippen LogP contribution in [0, 0.1) is 6.92 Å².